The van der Waals surface area contributed by atoms with Crippen LogP contribution in [0.15, 0.2) is 30.7 Å². The van der Waals surface area contributed by atoms with Crippen molar-refractivity contribution in [3.63, 3.8) is 0 Å². The quantitative estimate of drug-likeness (QED) is 0.622. The normalized spacial score (nSPS) is 10.1. The molecule has 0 bridgehead atoms. The summed E-state index contributed by atoms with van der Waals surface area (Å²) in [5.74, 6) is 0. The van der Waals surface area contributed by atoms with E-state index in [-0.39, 0.29) is 0 Å². The summed E-state index contributed by atoms with van der Waals surface area (Å²) in [6, 6.07) is 3.50. The van der Waals surface area contributed by atoms with Gasteiger partial charge in [-0.25, -0.2) is 4.98 Å². The summed E-state index contributed by atoms with van der Waals surface area (Å²) in [5, 5.41) is 8.34. The van der Waals surface area contributed by atoms with Gasteiger partial charge in [0.25, 0.3) is 0 Å². The Labute approximate surface area is 73.8 Å². The monoisotopic (exact) mass is 180 g/mol. The van der Waals surface area contributed by atoms with Crippen molar-refractivity contribution in [3.05, 3.63) is 35.9 Å². The highest BCUT2D eigenvalue weighted by molar-refractivity contribution is 6.29. The summed E-state index contributed by atoms with van der Waals surface area (Å²) in [6.45, 7) is 0. The van der Waals surface area contributed by atoms with E-state index >= 15 is 0 Å². The summed E-state index contributed by atoms with van der Waals surface area (Å²) < 4.78 is 0. The highest BCUT2D eigenvalue weighted by atomic mass is 35.5. The molecule has 2 heterocycles. The molecule has 2 aromatic heterocycles. The van der Waals surface area contributed by atoms with Crippen LogP contribution in [0, 0.1) is 0 Å². The highest BCUT2D eigenvalue weighted by Gasteiger charge is 1.96. The minimum absolute atomic E-state index is 0.464. The summed E-state index contributed by atoms with van der Waals surface area (Å²) in [4.78, 5) is 5.38. The zero-order valence-electron chi connectivity index (χ0n) is 6.05. The highest BCUT2D eigenvalue weighted by Crippen LogP contribution is 2.06. The van der Waals surface area contributed by atoms with Crippen LogP contribution >= 0.6 is 11.6 Å². The smallest absolute Gasteiger partial charge is 0.129 e. The molecule has 0 N–H and O–H groups in total. The van der Waals surface area contributed by atoms with Gasteiger partial charge in [-0.3, -0.25) is 0 Å². The number of nitrogens with zero attached hydrogens (tertiary/aromatic N) is 4. The van der Waals surface area contributed by atoms with Crippen LogP contribution in [0.3, 0.4) is 0 Å². The van der Waals surface area contributed by atoms with Crippen LogP contribution in [-0.2, 0) is 0 Å². The molecule has 0 aliphatic rings. The van der Waals surface area contributed by atoms with E-state index in [2.05, 4.69) is 15.2 Å². The molecular formula is C7H5ClN4. The Kier molecular flexibility index (Phi) is 1.75. The van der Waals surface area contributed by atoms with Gasteiger partial charge in [-0.1, -0.05) is 11.6 Å². The van der Waals surface area contributed by atoms with Crippen molar-refractivity contribution in [2.45, 2.75) is 0 Å². The number of pyridine rings is 1. The SMILES string of the molecule is Clc1ccc(-n2nccn2)cn1. The van der Waals surface area contributed by atoms with Gasteiger partial charge in [-0.2, -0.15) is 15.0 Å². The summed E-state index contributed by atoms with van der Waals surface area (Å²) in [7, 11) is 0. The van der Waals surface area contributed by atoms with E-state index in [1.807, 2.05) is 0 Å². The summed E-state index contributed by atoms with van der Waals surface area (Å²) >= 11 is 5.61. The topological polar surface area (TPSA) is 43.6 Å². The van der Waals surface area contributed by atoms with Gasteiger partial charge in [0.1, 0.15) is 10.8 Å². The molecule has 5 heteroatoms. The Hall–Kier alpha value is -1.42. The van der Waals surface area contributed by atoms with Gasteiger partial charge in [0.2, 0.25) is 0 Å². The third-order valence-corrected chi connectivity index (χ3v) is 1.59. The van der Waals surface area contributed by atoms with Crippen molar-refractivity contribution in [2.75, 3.05) is 0 Å². The van der Waals surface area contributed by atoms with Crippen molar-refractivity contribution >= 4 is 11.6 Å². The lowest BCUT2D eigenvalue weighted by Crippen LogP contribution is -1.98. The Bertz CT molecular complexity index is 353. The van der Waals surface area contributed by atoms with Gasteiger partial charge in [0, 0.05) is 0 Å². The van der Waals surface area contributed by atoms with Gasteiger partial charge in [-0.05, 0) is 12.1 Å². The first-order chi connectivity index (χ1) is 5.86. The van der Waals surface area contributed by atoms with Gasteiger partial charge in [0.15, 0.2) is 0 Å². The first-order valence-electron chi connectivity index (χ1n) is 3.34. The molecule has 0 unspecified atom stereocenters. The third-order valence-electron chi connectivity index (χ3n) is 1.36. The number of aromatic nitrogens is 4. The Morgan fingerprint density at radius 3 is 2.50 bits per heavy atom. The largest absolute Gasteiger partial charge is 0.242 e. The first-order valence-corrected chi connectivity index (χ1v) is 3.72. The third kappa shape index (κ3) is 1.29. The van der Waals surface area contributed by atoms with Crippen LogP contribution in [0.5, 0.6) is 0 Å². The molecule has 0 spiro atoms. The Morgan fingerprint density at radius 1 is 1.17 bits per heavy atom. The van der Waals surface area contributed by atoms with Gasteiger partial charge in [-0.15, -0.1) is 0 Å². The second-order valence-corrected chi connectivity index (χ2v) is 2.54. The van der Waals surface area contributed by atoms with E-state index in [1.54, 1.807) is 30.7 Å². The van der Waals surface area contributed by atoms with Crippen molar-refractivity contribution in [1.29, 1.82) is 0 Å². The maximum absolute atomic E-state index is 5.61. The molecule has 0 radical (unpaired) electrons. The van der Waals surface area contributed by atoms with E-state index in [0.29, 0.717) is 5.15 Å². The fraction of sp³-hybridized carbons (Fsp3) is 0. The van der Waals surface area contributed by atoms with E-state index < -0.39 is 0 Å². The minimum Gasteiger partial charge on any atom is -0.242 e. The molecule has 0 aromatic carbocycles. The fourth-order valence-electron chi connectivity index (χ4n) is 0.835. The number of hydrogen-bond donors (Lipinski definition) is 0. The molecule has 0 atom stereocenters. The van der Waals surface area contributed by atoms with Gasteiger partial charge < -0.3 is 0 Å². The van der Waals surface area contributed by atoms with Crippen molar-refractivity contribution < 1.29 is 0 Å². The fourth-order valence-corrected chi connectivity index (χ4v) is 0.947. The predicted octanol–water partition coefficient (Wildman–Crippen LogP) is 1.32. The summed E-state index contributed by atoms with van der Waals surface area (Å²) in [6.07, 6.45) is 4.82. The molecule has 0 fully saturated rings. The number of halogens is 1. The Balaban J connectivity index is 2.43. The maximum Gasteiger partial charge on any atom is 0.129 e. The standard InChI is InChI=1S/C7H5ClN4/c8-7-2-1-6(5-9-7)12-10-3-4-11-12/h1-5H. The zero-order chi connectivity index (χ0) is 8.39. The average Bonchev–Trinajstić information content (AvgIpc) is 2.58. The molecule has 0 amide bonds. The Morgan fingerprint density at radius 2 is 1.92 bits per heavy atom. The van der Waals surface area contributed by atoms with Gasteiger partial charge in [0.05, 0.1) is 18.6 Å². The van der Waals surface area contributed by atoms with E-state index in [4.69, 9.17) is 11.6 Å². The second-order valence-electron chi connectivity index (χ2n) is 2.16. The van der Waals surface area contributed by atoms with E-state index in [9.17, 15) is 0 Å². The predicted molar refractivity (Wildman–Crippen MR) is 44.2 cm³/mol. The molecule has 0 saturated carbocycles. The van der Waals surface area contributed by atoms with Crippen LogP contribution in [0.1, 0.15) is 0 Å². The molecule has 60 valence electrons. The van der Waals surface area contributed by atoms with Crippen LogP contribution < -0.4 is 0 Å². The van der Waals surface area contributed by atoms with Crippen molar-refractivity contribution in [2.24, 2.45) is 0 Å². The number of hydrogen-bond acceptors (Lipinski definition) is 3. The lowest BCUT2D eigenvalue weighted by Gasteiger charge is -1.96. The minimum atomic E-state index is 0.464. The average molecular weight is 181 g/mol. The lowest BCUT2D eigenvalue weighted by atomic mass is 10.4. The lowest BCUT2D eigenvalue weighted by molar-refractivity contribution is 0.748. The first kappa shape index (κ1) is 7.24. The van der Waals surface area contributed by atoms with Crippen molar-refractivity contribution in [1.82, 2.24) is 20.0 Å². The van der Waals surface area contributed by atoms with Crippen molar-refractivity contribution in [3.8, 4) is 5.69 Å². The molecule has 0 saturated heterocycles. The molecule has 2 aromatic rings. The van der Waals surface area contributed by atoms with Crippen LogP contribution in [0.4, 0.5) is 0 Å². The number of rotatable bonds is 1. The van der Waals surface area contributed by atoms with Crippen LogP contribution in [0.2, 0.25) is 5.15 Å². The zero-order valence-corrected chi connectivity index (χ0v) is 6.81. The molecule has 4 nitrogen and oxygen atoms in total. The molecule has 0 aliphatic heterocycles. The molecule has 12 heavy (non-hydrogen) atoms. The van der Waals surface area contributed by atoms with Crippen LogP contribution in [-0.4, -0.2) is 20.0 Å². The van der Waals surface area contributed by atoms with Gasteiger partial charge >= 0.3 is 0 Å². The summed E-state index contributed by atoms with van der Waals surface area (Å²) in [5.41, 5.74) is 0.796. The van der Waals surface area contributed by atoms with E-state index in [1.165, 1.54) is 4.80 Å². The molecular weight excluding hydrogens is 176 g/mol. The molecule has 2 rings (SSSR count). The van der Waals surface area contributed by atoms with E-state index in [0.717, 1.165) is 5.69 Å². The molecule has 0 aliphatic carbocycles. The van der Waals surface area contributed by atoms with Crippen LogP contribution in [0.25, 0.3) is 5.69 Å². The second kappa shape index (κ2) is 2.91. The maximum atomic E-state index is 5.61.